The predicted molar refractivity (Wildman–Crippen MR) is 61.0 cm³/mol. The van der Waals surface area contributed by atoms with Gasteiger partial charge in [-0.05, 0) is 12.0 Å². The lowest BCUT2D eigenvalue weighted by molar-refractivity contribution is 0.572. The molecule has 0 fully saturated rings. The van der Waals surface area contributed by atoms with E-state index in [1.807, 2.05) is 30.3 Å². The number of sulfonamides is 1. The first-order valence-corrected chi connectivity index (χ1v) is 6.60. The number of nitrogens with two attached hydrogens (primary N) is 1. The van der Waals surface area contributed by atoms with Gasteiger partial charge in [0, 0.05) is 12.6 Å². The molecule has 5 heteroatoms. The first kappa shape index (κ1) is 12.2. The number of nitrogens with one attached hydrogen (secondary N) is 1. The highest BCUT2D eigenvalue weighted by Gasteiger charge is 2.07. The summed E-state index contributed by atoms with van der Waals surface area (Å²) in [6, 6.07) is 9.56. The lowest BCUT2D eigenvalue weighted by Gasteiger charge is -2.11. The minimum atomic E-state index is -3.14. The van der Waals surface area contributed by atoms with E-state index >= 15 is 0 Å². The molecule has 0 bridgehead atoms. The van der Waals surface area contributed by atoms with E-state index in [9.17, 15) is 8.42 Å². The van der Waals surface area contributed by atoms with E-state index in [-0.39, 0.29) is 12.6 Å². The van der Waals surface area contributed by atoms with Gasteiger partial charge in [0.2, 0.25) is 10.0 Å². The lowest BCUT2D eigenvalue weighted by atomic mass is 10.1. The van der Waals surface area contributed by atoms with Crippen molar-refractivity contribution in [3.63, 3.8) is 0 Å². The van der Waals surface area contributed by atoms with Crippen molar-refractivity contribution in [2.24, 2.45) is 5.73 Å². The summed E-state index contributed by atoms with van der Waals surface area (Å²) < 4.78 is 24.0. The molecular weight excluding hydrogens is 212 g/mol. The van der Waals surface area contributed by atoms with Crippen LogP contribution in [0.1, 0.15) is 5.56 Å². The normalized spacial score (nSPS) is 13.7. The maximum atomic E-state index is 10.8. The SMILES string of the molecule is CS(=O)(=O)NCC(N)Cc1ccccc1. The summed E-state index contributed by atoms with van der Waals surface area (Å²) in [6.45, 7) is 0.272. The van der Waals surface area contributed by atoms with E-state index in [4.69, 9.17) is 5.73 Å². The van der Waals surface area contributed by atoms with Gasteiger partial charge in [0.15, 0.2) is 0 Å². The third kappa shape index (κ3) is 5.51. The molecule has 0 spiro atoms. The van der Waals surface area contributed by atoms with Crippen molar-refractivity contribution in [1.29, 1.82) is 0 Å². The van der Waals surface area contributed by atoms with Gasteiger partial charge in [-0.3, -0.25) is 0 Å². The molecule has 0 aliphatic heterocycles. The molecule has 4 nitrogen and oxygen atoms in total. The van der Waals surface area contributed by atoms with Crippen LogP contribution < -0.4 is 10.5 Å². The van der Waals surface area contributed by atoms with E-state index in [0.29, 0.717) is 6.42 Å². The largest absolute Gasteiger partial charge is 0.326 e. The van der Waals surface area contributed by atoms with E-state index < -0.39 is 10.0 Å². The zero-order chi connectivity index (χ0) is 11.3. The van der Waals surface area contributed by atoms with Crippen molar-refractivity contribution in [3.8, 4) is 0 Å². The molecule has 1 aromatic carbocycles. The predicted octanol–water partition coefficient (Wildman–Crippen LogP) is 0.106. The van der Waals surface area contributed by atoms with Gasteiger partial charge >= 0.3 is 0 Å². The highest BCUT2D eigenvalue weighted by molar-refractivity contribution is 7.88. The molecule has 15 heavy (non-hydrogen) atoms. The van der Waals surface area contributed by atoms with Crippen LogP contribution in [0.2, 0.25) is 0 Å². The topological polar surface area (TPSA) is 72.2 Å². The fourth-order valence-electron chi connectivity index (χ4n) is 1.25. The summed E-state index contributed by atoms with van der Waals surface area (Å²) in [5.74, 6) is 0. The van der Waals surface area contributed by atoms with Gasteiger partial charge in [-0.2, -0.15) is 0 Å². The van der Waals surface area contributed by atoms with Gasteiger partial charge in [-0.25, -0.2) is 13.1 Å². The van der Waals surface area contributed by atoms with Crippen molar-refractivity contribution in [3.05, 3.63) is 35.9 Å². The van der Waals surface area contributed by atoms with Gasteiger partial charge in [-0.1, -0.05) is 30.3 Å². The molecule has 3 N–H and O–H groups in total. The third-order valence-corrected chi connectivity index (χ3v) is 2.64. The molecule has 84 valence electrons. The molecule has 1 rings (SSSR count). The van der Waals surface area contributed by atoms with Crippen molar-refractivity contribution in [2.45, 2.75) is 12.5 Å². The summed E-state index contributed by atoms with van der Waals surface area (Å²) in [7, 11) is -3.14. The van der Waals surface area contributed by atoms with Crippen LogP contribution in [0.4, 0.5) is 0 Å². The molecule has 0 amide bonds. The van der Waals surface area contributed by atoms with Crippen molar-refractivity contribution in [2.75, 3.05) is 12.8 Å². The Bertz CT molecular complexity index is 389. The van der Waals surface area contributed by atoms with E-state index in [1.54, 1.807) is 0 Å². The summed E-state index contributed by atoms with van der Waals surface area (Å²) in [5.41, 5.74) is 6.90. The average Bonchev–Trinajstić information content (AvgIpc) is 2.15. The Hall–Kier alpha value is -0.910. The zero-order valence-corrected chi connectivity index (χ0v) is 9.50. The molecule has 1 aromatic rings. The van der Waals surface area contributed by atoms with Crippen LogP contribution in [0.5, 0.6) is 0 Å². The maximum absolute atomic E-state index is 10.8. The van der Waals surface area contributed by atoms with Crippen LogP contribution >= 0.6 is 0 Å². The van der Waals surface area contributed by atoms with Gasteiger partial charge in [0.05, 0.1) is 6.26 Å². The summed E-state index contributed by atoms with van der Waals surface area (Å²) in [6.07, 6.45) is 1.80. The second-order valence-corrected chi connectivity index (χ2v) is 5.40. The molecule has 0 aromatic heterocycles. The van der Waals surface area contributed by atoms with E-state index in [2.05, 4.69) is 4.72 Å². The standard InChI is InChI=1S/C10H16N2O2S/c1-15(13,14)12-8-10(11)7-9-5-3-2-4-6-9/h2-6,10,12H,7-8,11H2,1H3. The summed E-state index contributed by atoms with van der Waals surface area (Å²) in [4.78, 5) is 0. The van der Waals surface area contributed by atoms with Crippen LogP contribution in [-0.2, 0) is 16.4 Å². The Morgan fingerprint density at radius 1 is 1.33 bits per heavy atom. The molecule has 0 radical (unpaired) electrons. The number of benzene rings is 1. The van der Waals surface area contributed by atoms with Crippen LogP contribution in [-0.4, -0.2) is 27.3 Å². The maximum Gasteiger partial charge on any atom is 0.208 e. The van der Waals surface area contributed by atoms with Crippen LogP contribution in [0.3, 0.4) is 0 Å². The highest BCUT2D eigenvalue weighted by atomic mass is 32.2. The van der Waals surface area contributed by atoms with Gasteiger partial charge in [0.25, 0.3) is 0 Å². The molecule has 1 unspecified atom stereocenters. The van der Waals surface area contributed by atoms with Crippen LogP contribution in [0, 0.1) is 0 Å². The summed E-state index contributed by atoms with van der Waals surface area (Å²) in [5, 5.41) is 0. The Morgan fingerprint density at radius 2 is 1.93 bits per heavy atom. The molecule has 0 aliphatic rings. The molecule has 0 aliphatic carbocycles. The second kappa shape index (κ2) is 5.25. The lowest BCUT2D eigenvalue weighted by Crippen LogP contribution is -2.38. The number of hydrogen-bond acceptors (Lipinski definition) is 3. The van der Waals surface area contributed by atoms with Crippen LogP contribution in [0.15, 0.2) is 30.3 Å². The molecule has 0 heterocycles. The Kier molecular flexibility index (Phi) is 4.26. The molecular formula is C10H16N2O2S. The fraction of sp³-hybridized carbons (Fsp3) is 0.400. The van der Waals surface area contributed by atoms with Gasteiger partial charge in [-0.15, -0.1) is 0 Å². The van der Waals surface area contributed by atoms with Crippen molar-refractivity contribution >= 4 is 10.0 Å². The number of rotatable bonds is 5. The minimum Gasteiger partial charge on any atom is -0.326 e. The Balaban J connectivity index is 2.40. The third-order valence-electron chi connectivity index (χ3n) is 1.95. The van der Waals surface area contributed by atoms with Gasteiger partial charge < -0.3 is 5.73 Å². The van der Waals surface area contributed by atoms with Crippen molar-refractivity contribution in [1.82, 2.24) is 4.72 Å². The molecule has 1 atom stereocenters. The summed E-state index contributed by atoms with van der Waals surface area (Å²) >= 11 is 0. The second-order valence-electron chi connectivity index (χ2n) is 3.57. The Morgan fingerprint density at radius 3 is 2.47 bits per heavy atom. The van der Waals surface area contributed by atoms with Crippen LogP contribution in [0.25, 0.3) is 0 Å². The monoisotopic (exact) mass is 228 g/mol. The fourth-order valence-corrected chi connectivity index (χ4v) is 1.76. The number of hydrogen-bond donors (Lipinski definition) is 2. The highest BCUT2D eigenvalue weighted by Crippen LogP contribution is 2.01. The first-order valence-electron chi connectivity index (χ1n) is 4.71. The average molecular weight is 228 g/mol. The minimum absolute atomic E-state index is 0.192. The Labute approximate surface area is 90.5 Å². The first-order chi connectivity index (χ1) is 6.97. The quantitative estimate of drug-likeness (QED) is 0.751. The zero-order valence-electron chi connectivity index (χ0n) is 8.68. The smallest absolute Gasteiger partial charge is 0.208 e. The molecule has 0 saturated heterocycles. The van der Waals surface area contributed by atoms with Gasteiger partial charge in [0.1, 0.15) is 0 Å². The molecule has 0 saturated carbocycles. The van der Waals surface area contributed by atoms with Crippen molar-refractivity contribution < 1.29 is 8.42 Å². The van der Waals surface area contributed by atoms with E-state index in [0.717, 1.165) is 11.8 Å². The van der Waals surface area contributed by atoms with E-state index in [1.165, 1.54) is 0 Å².